The van der Waals surface area contributed by atoms with E-state index in [4.69, 9.17) is 0 Å². The molecule has 7 nitrogen and oxygen atoms in total. The summed E-state index contributed by atoms with van der Waals surface area (Å²) in [5.74, 6) is 1.54. The van der Waals surface area contributed by atoms with E-state index in [2.05, 4.69) is 22.1 Å². The first-order chi connectivity index (χ1) is 11.6. The average molecular weight is 349 g/mol. The van der Waals surface area contributed by atoms with Gasteiger partial charge in [-0.3, -0.25) is 9.59 Å². The van der Waals surface area contributed by atoms with Gasteiger partial charge in [-0.1, -0.05) is 17.8 Å². The van der Waals surface area contributed by atoms with Gasteiger partial charge in [0, 0.05) is 25.6 Å². The summed E-state index contributed by atoms with van der Waals surface area (Å²) in [5.41, 5.74) is 0. The number of carbonyl (C=O) groups is 2. The molecule has 8 heteroatoms. The van der Waals surface area contributed by atoms with Gasteiger partial charge < -0.3 is 14.8 Å². The van der Waals surface area contributed by atoms with Crippen molar-refractivity contribution in [2.75, 3.05) is 19.3 Å². The number of likely N-dealkylation sites (N-methyl/N-ethyl adjacent to an activating group) is 1. The predicted molar refractivity (Wildman–Crippen MR) is 91.7 cm³/mol. The number of aromatic nitrogens is 3. The lowest BCUT2D eigenvalue weighted by Crippen LogP contribution is -2.39. The molecule has 130 valence electrons. The Kier molecular flexibility index (Phi) is 5.23. The van der Waals surface area contributed by atoms with Crippen molar-refractivity contribution in [2.45, 2.75) is 49.3 Å². The number of thioether (sulfide) groups is 1. The average Bonchev–Trinajstić information content (AvgIpc) is 3.46. The summed E-state index contributed by atoms with van der Waals surface area (Å²) in [7, 11) is 1.65. The molecular weight excluding hydrogens is 326 g/mol. The summed E-state index contributed by atoms with van der Waals surface area (Å²) in [6.07, 6.45) is 6.20. The number of allylic oxidation sites excluding steroid dienone is 1. The Balaban J connectivity index is 1.51. The molecule has 1 heterocycles. The number of amides is 2. The van der Waals surface area contributed by atoms with E-state index in [0.29, 0.717) is 18.5 Å². The lowest BCUT2D eigenvalue weighted by molar-refractivity contribution is -0.132. The number of hydrogen-bond acceptors (Lipinski definition) is 5. The van der Waals surface area contributed by atoms with Crippen LogP contribution in [0.3, 0.4) is 0 Å². The van der Waals surface area contributed by atoms with Crippen molar-refractivity contribution in [1.29, 1.82) is 0 Å². The van der Waals surface area contributed by atoms with E-state index in [1.54, 1.807) is 7.05 Å². The first kappa shape index (κ1) is 17.0. The van der Waals surface area contributed by atoms with Crippen molar-refractivity contribution in [3.63, 3.8) is 0 Å². The molecule has 0 saturated heterocycles. The molecular formula is C16H23N5O2S. The van der Waals surface area contributed by atoms with Gasteiger partial charge in [-0.2, -0.15) is 0 Å². The first-order valence-electron chi connectivity index (χ1n) is 8.28. The Hall–Kier alpha value is -1.83. The standard InChI is InChI=1S/C16H23N5O2S/c1-3-8-21-15(11-4-5-11)18-19-16(21)24-10-14(23)20(2)9-13(22)17-12-6-7-12/h3,11-12H,1,4-10H2,2H3,(H,17,22). The second kappa shape index (κ2) is 7.38. The van der Waals surface area contributed by atoms with Crippen molar-refractivity contribution < 1.29 is 9.59 Å². The van der Waals surface area contributed by atoms with E-state index < -0.39 is 0 Å². The van der Waals surface area contributed by atoms with Crippen LogP contribution in [0.1, 0.15) is 37.4 Å². The molecule has 2 saturated carbocycles. The molecule has 0 radical (unpaired) electrons. The quantitative estimate of drug-likeness (QED) is 0.535. The molecule has 0 aromatic carbocycles. The van der Waals surface area contributed by atoms with Crippen LogP contribution in [-0.2, 0) is 16.1 Å². The van der Waals surface area contributed by atoms with E-state index in [9.17, 15) is 9.59 Å². The number of carbonyl (C=O) groups excluding carboxylic acids is 2. The largest absolute Gasteiger partial charge is 0.352 e. The molecule has 0 spiro atoms. The third-order valence-corrected chi connectivity index (χ3v) is 5.02. The minimum absolute atomic E-state index is 0.0907. The molecule has 24 heavy (non-hydrogen) atoms. The Morgan fingerprint density at radius 2 is 2.12 bits per heavy atom. The third-order valence-electron chi connectivity index (χ3n) is 4.07. The Morgan fingerprint density at radius 1 is 1.38 bits per heavy atom. The number of nitrogens with one attached hydrogen (secondary N) is 1. The van der Waals surface area contributed by atoms with Gasteiger partial charge >= 0.3 is 0 Å². The summed E-state index contributed by atoms with van der Waals surface area (Å²) in [4.78, 5) is 25.4. The van der Waals surface area contributed by atoms with Crippen LogP contribution in [0.5, 0.6) is 0 Å². The second-order valence-electron chi connectivity index (χ2n) is 6.39. The van der Waals surface area contributed by atoms with Crippen LogP contribution in [0.4, 0.5) is 0 Å². The maximum absolute atomic E-state index is 12.2. The van der Waals surface area contributed by atoms with Gasteiger partial charge in [0.1, 0.15) is 5.82 Å². The number of nitrogens with zero attached hydrogens (tertiary/aromatic N) is 4. The fourth-order valence-corrected chi connectivity index (χ4v) is 3.29. The highest BCUT2D eigenvalue weighted by Crippen LogP contribution is 2.40. The van der Waals surface area contributed by atoms with Crippen molar-refractivity contribution in [3.8, 4) is 0 Å². The van der Waals surface area contributed by atoms with E-state index in [1.807, 2.05) is 10.6 Å². The second-order valence-corrected chi connectivity index (χ2v) is 7.34. The van der Waals surface area contributed by atoms with Crippen LogP contribution in [-0.4, -0.2) is 56.9 Å². The zero-order chi connectivity index (χ0) is 17.1. The highest BCUT2D eigenvalue weighted by Gasteiger charge is 2.30. The van der Waals surface area contributed by atoms with Gasteiger partial charge in [-0.05, 0) is 25.7 Å². The van der Waals surface area contributed by atoms with Gasteiger partial charge in [0.2, 0.25) is 11.8 Å². The van der Waals surface area contributed by atoms with Gasteiger partial charge in [0.05, 0.1) is 12.3 Å². The molecule has 2 amide bonds. The number of hydrogen-bond donors (Lipinski definition) is 1. The van der Waals surface area contributed by atoms with E-state index in [-0.39, 0.29) is 24.1 Å². The monoisotopic (exact) mass is 349 g/mol. The summed E-state index contributed by atoms with van der Waals surface area (Å²) >= 11 is 1.36. The molecule has 1 aromatic heterocycles. The topological polar surface area (TPSA) is 80.1 Å². The van der Waals surface area contributed by atoms with Crippen LogP contribution in [0.25, 0.3) is 0 Å². The van der Waals surface area contributed by atoms with E-state index >= 15 is 0 Å². The lowest BCUT2D eigenvalue weighted by atomic mass is 10.4. The van der Waals surface area contributed by atoms with Gasteiger partial charge in [0.15, 0.2) is 5.16 Å². The summed E-state index contributed by atoms with van der Waals surface area (Å²) in [6.45, 7) is 4.52. The van der Waals surface area contributed by atoms with Crippen LogP contribution in [0, 0.1) is 0 Å². The first-order valence-corrected chi connectivity index (χ1v) is 9.27. The fraction of sp³-hybridized carbons (Fsp3) is 0.625. The molecule has 1 aromatic rings. The minimum Gasteiger partial charge on any atom is -0.352 e. The van der Waals surface area contributed by atoms with Gasteiger partial charge in [-0.25, -0.2) is 0 Å². The fourth-order valence-electron chi connectivity index (χ4n) is 2.39. The van der Waals surface area contributed by atoms with Crippen molar-refractivity contribution >= 4 is 23.6 Å². The molecule has 2 fully saturated rings. The normalized spacial score (nSPS) is 16.7. The van der Waals surface area contributed by atoms with E-state index in [0.717, 1.165) is 36.7 Å². The molecule has 0 atom stereocenters. The summed E-state index contributed by atoms with van der Waals surface area (Å²) in [6, 6.07) is 0.314. The summed E-state index contributed by atoms with van der Waals surface area (Å²) < 4.78 is 2.03. The SMILES string of the molecule is C=CCn1c(SCC(=O)N(C)CC(=O)NC2CC2)nnc1C1CC1. The smallest absolute Gasteiger partial charge is 0.239 e. The molecule has 3 rings (SSSR count). The molecule has 1 N–H and O–H groups in total. The minimum atomic E-state index is -0.0933. The molecule has 2 aliphatic rings. The van der Waals surface area contributed by atoms with Crippen LogP contribution >= 0.6 is 11.8 Å². The molecule has 0 bridgehead atoms. The zero-order valence-corrected chi connectivity index (χ0v) is 14.7. The number of rotatable bonds is 9. The molecule has 2 aliphatic carbocycles. The van der Waals surface area contributed by atoms with Crippen LogP contribution < -0.4 is 5.32 Å². The molecule has 0 aliphatic heterocycles. The Morgan fingerprint density at radius 3 is 2.75 bits per heavy atom. The van der Waals surface area contributed by atoms with Crippen LogP contribution in [0.15, 0.2) is 17.8 Å². The Bertz CT molecular complexity index is 636. The third kappa shape index (κ3) is 4.37. The Labute approximate surface area is 145 Å². The highest BCUT2D eigenvalue weighted by atomic mass is 32.2. The van der Waals surface area contributed by atoms with E-state index in [1.165, 1.54) is 16.7 Å². The van der Waals surface area contributed by atoms with Crippen LogP contribution in [0.2, 0.25) is 0 Å². The molecule has 0 unspecified atom stereocenters. The van der Waals surface area contributed by atoms with Crippen molar-refractivity contribution in [3.05, 3.63) is 18.5 Å². The predicted octanol–water partition coefficient (Wildman–Crippen LogP) is 1.17. The summed E-state index contributed by atoms with van der Waals surface area (Å²) in [5, 5.41) is 12.1. The highest BCUT2D eigenvalue weighted by molar-refractivity contribution is 7.99. The zero-order valence-electron chi connectivity index (χ0n) is 13.9. The van der Waals surface area contributed by atoms with Gasteiger partial charge in [0.25, 0.3) is 0 Å². The maximum atomic E-state index is 12.2. The van der Waals surface area contributed by atoms with Crippen molar-refractivity contribution in [2.24, 2.45) is 0 Å². The van der Waals surface area contributed by atoms with Crippen molar-refractivity contribution in [1.82, 2.24) is 25.0 Å². The van der Waals surface area contributed by atoms with Gasteiger partial charge in [-0.15, -0.1) is 16.8 Å². The lowest BCUT2D eigenvalue weighted by Gasteiger charge is -2.16. The maximum Gasteiger partial charge on any atom is 0.239 e.